The molecule has 2 rings (SSSR count). The molecule has 0 radical (unpaired) electrons. The van der Waals surface area contributed by atoms with Gasteiger partial charge in [-0.1, -0.05) is 29.8 Å². The average Bonchev–Trinajstić information content (AvgIpc) is 2.48. The molecule has 0 amide bonds. The molecule has 0 aliphatic carbocycles. The SMILES string of the molecule is N#Cc1ccc(C=CC(=O)c2ccc(F)c(Cl)c2)cc1. The molecule has 98 valence electrons. The molecule has 2 aromatic rings. The largest absolute Gasteiger partial charge is 0.289 e. The van der Waals surface area contributed by atoms with E-state index >= 15 is 0 Å². The van der Waals surface area contributed by atoms with Crippen molar-refractivity contribution >= 4 is 23.5 Å². The van der Waals surface area contributed by atoms with E-state index in [2.05, 4.69) is 0 Å². The molecule has 0 saturated heterocycles. The van der Waals surface area contributed by atoms with Crippen LogP contribution in [0.25, 0.3) is 6.08 Å². The number of halogens is 2. The van der Waals surface area contributed by atoms with Gasteiger partial charge >= 0.3 is 0 Å². The van der Waals surface area contributed by atoms with E-state index in [1.165, 1.54) is 18.2 Å². The second-order valence-corrected chi connectivity index (χ2v) is 4.47. The third-order valence-electron chi connectivity index (χ3n) is 2.67. The average molecular weight is 286 g/mol. The number of nitrogens with zero attached hydrogens (tertiary/aromatic N) is 1. The molecule has 0 atom stereocenters. The number of carbonyl (C=O) groups is 1. The standard InChI is InChI=1S/C16H9ClFNO/c17-14-9-13(6-7-15(14)18)16(20)8-5-11-1-3-12(10-19)4-2-11/h1-9H. The van der Waals surface area contributed by atoms with Gasteiger partial charge in [-0.2, -0.15) is 5.26 Å². The molecule has 0 unspecified atom stereocenters. The third-order valence-corrected chi connectivity index (χ3v) is 2.96. The Morgan fingerprint density at radius 3 is 2.50 bits per heavy atom. The highest BCUT2D eigenvalue weighted by atomic mass is 35.5. The van der Waals surface area contributed by atoms with Crippen LogP contribution >= 0.6 is 11.6 Å². The molecular formula is C16H9ClFNO. The quantitative estimate of drug-likeness (QED) is 0.625. The highest BCUT2D eigenvalue weighted by Gasteiger charge is 2.05. The molecule has 0 spiro atoms. The van der Waals surface area contributed by atoms with Gasteiger partial charge < -0.3 is 0 Å². The number of rotatable bonds is 3. The Morgan fingerprint density at radius 1 is 1.20 bits per heavy atom. The van der Waals surface area contributed by atoms with Gasteiger partial charge in [0.05, 0.1) is 16.7 Å². The number of allylic oxidation sites excluding steroid dienone is 1. The maximum absolute atomic E-state index is 13.0. The lowest BCUT2D eigenvalue weighted by Gasteiger charge is -1.98. The molecule has 0 heterocycles. The van der Waals surface area contributed by atoms with Gasteiger partial charge in [0.1, 0.15) is 5.82 Å². The van der Waals surface area contributed by atoms with Gasteiger partial charge in [0.25, 0.3) is 0 Å². The molecule has 2 aromatic carbocycles. The molecule has 0 saturated carbocycles. The minimum Gasteiger partial charge on any atom is -0.289 e. The van der Waals surface area contributed by atoms with Gasteiger partial charge in [-0.25, -0.2) is 4.39 Å². The maximum Gasteiger partial charge on any atom is 0.185 e. The molecule has 0 fully saturated rings. The highest BCUT2D eigenvalue weighted by Crippen LogP contribution is 2.17. The Morgan fingerprint density at radius 2 is 1.90 bits per heavy atom. The zero-order valence-corrected chi connectivity index (χ0v) is 11.1. The molecule has 0 N–H and O–H groups in total. The van der Waals surface area contributed by atoms with E-state index in [0.29, 0.717) is 11.1 Å². The van der Waals surface area contributed by atoms with Crippen LogP contribution in [0.2, 0.25) is 5.02 Å². The lowest BCUT2D eigenvalue weighted by atomic mass is 10.1. The first kappa shape index (κ1) is 14.0. The summed E-state index contributed by atoms with van der Waals surface area (Å²) in [6, 6.07) is 12.7. The summed E-state index contributed by atoms with van der Waals surface area (Å²) in [7, 11) is 0. The van der Waals surface area contributed by atoms with E-state index < -0.39 is 5.82 Å². The number of benzene rings is 2. The molecule has 0 aliphatic rings. The second-order valence-electron chi connectivity index (χ2n) is 4.06. The van der Waals surface area contributed by atoms with E-state index in [1.54, 1.807) is 30.3 Å². The lowest BCUT2D eigenvalue weighted by Crippen LogP contribution is -1.94. The topological polar surface area (TPSA) is 40.9 Å². The first-order chi connectivity index (χ1) is 9.60. The van der Waals surface area contributed by atoms with Crippen LogP contribution in [0.1, 0.15) is 21.5 Å². The zero-order valence-electron chi connectivity index (χ0n) is 10.3. The van der Waals surface area contributed by atoms with Gasteiger partial charge in [-0.3, -0.25) is 4.79 Å². The number of nitriles is 1. The third kappa shape index (κ3) is 3.31. The van der Waals surface area contributed by atoms with Crippen LogP contribution in [-0.4, -0.2) is 5.78 Å². The van der Waals surface area contributed by atoms with E-state index in [9.17, 15) is 9.18 Å². The first-order valence-corrected chi connectivity index (χ1v) is 6.15. The van der Waals surface area contributed by atoms with Crippen molar-refractivity contribution in [2.24, 2.45) is 0 Å². The Labute approximate surface area is 120 Å². The van der Waals surface area contributed by atoms with Gasteiger partial charge in [-0.05, 0) is 42.0 Å². The summed E-state index contributed by atoms with van der Waals surface area (Å²) in [5, 5.41) is 8.60. The van der Waals surface area contributed by atoms with Crippen LogP contribution in [0.5, 0.6) is 0 Å². The fraction of sp³-hybridized carbons (Fsp3) is 0. The molecule has 20 heavy (non-hydrogen) atoms. The number of ketones is 1. The molecule has 0 aliphatic heterocycles. The Bertz CT molecular complexity index is 714. The van der Waals surface area contributed by atoms with Crippen molar-refractivity contribution in [3.8, 4) is 6.07 Å². The van der Waals surface area contributed by atoms with Crippen LogP contribution in [0, 0.1) is 17.1 Å². The Balaban J connectivity index is 2.15. The minimum atomic E-state index is -0.556. The van der Waals surface area contributed by atoms with Crippen LogP contribution in [-0.2, 0) is 0 Å². The van der Waals surface area contributed by atoms with Gasteiger partial charge in [0.2, 0.25) is 0 Å². The van der Waals surface area contributed by atoms with Crippen LogP contribution in [0.15, 0.2) is 48.5 Å². The lowest BCUT2D eigenvalue weighted by molar-refractivity contribution is 0.104. The van der Waals surface area contributed by atoms with E-state index in [0.717, 1.165) is 11.6 Å². The predicted molar refractivity (Wildman–Crippen MR) is 75.9 cm³/mol. The Kier molecular flexibility index (Phi) is 4.29. The Hall–Kier alpha value is -2.44. The van der Waals surface area contributed by atoms with Crippen molar-refractivity contribution in [3.05, 3.63) is 76.1 Å². The molecular weight excluding hydrogens is 277 g/mol. The first-order valence-electron chi connectivity index (χ1n) is 5.78. The summed E-state index contributed by atoms with van der Waals surface area (Å²) in [6.07, 6.45) is 3.01. The normalized spacial score (nSPS) is 10.4. The van der Waals surface area contributed by atoms with Crippen molar-refractivity contribution in [1.82, 2.24) is 0 Å². The van der Waals surface area contributed by atoms with Crippen LogP contribution < -0.4 is 0 Å². The van der Waals surface area contributed by atoms with Crippen molar-refractivity contribution in [3.63, 3.8) is 0 Å². The number of hydrogen-bond donors (Lipinski definition) is 0. The smallest absolute Gasteiger partial charge is 0.185 e. The summed E-state index contributed by atoms with van der Waals surface area (Å²) in [5.74, 6) is -0.824. The number of carbonyl (C=O) groups excluding carboxylic acids is 1. The molecule has 4 heteroatoms. The van der Waals surface area contributed by atoms with Gasteiger partial charge in [-0.15, -0.1) is 0 Å². The van der Waals surface area contributed by atoms with Crippen molar-refractivity contribution in [2.75, 3.05) is 0 Å². The van der Waals surface area contributed by atoms with E-state index in [-0.39, 0.29) is 10.8 Å². The molecule has 0 aromatic heterocycles. The monoisotopic (exact) mass is 285 g/mol. The van der Waals surface area contributed by atoms with E-state index in [4.69, 9.17) is 16.9 Å². The summed E-state index contributed by atoms with van der Waals surface area (Å²) < 4.78 is 13.0. The zero-order chi connectivity index (χ0) is 14.5. The molecule has 0 bridgehead atoms. The van der Waals surface area contributed by atoms with Gasteiger partial charge in [0.15, 0.2) is 5.78 Å². The number of hydrogen-bond acceptors (Lipinski definition) is 2. The highest BCUT2D eigenvalue weighted by molar-refractivity contribution is 6.31. The van der Waals surface area contributed by atoms with Crippen molar-refractivity contribution in [2.45, 2.75) is 0 Å². The second kappa shape index (κ2) is 6.14. The fourth-order valence-corrected chi connectivity index (χ4v) is 1.77. The fourth-order valence-electron chi connectivity index (χ4n) is 1.59. The van der Waals surface area contributed by atoms with Crippen molar-refractivity contribution < 1.29 is 9.18 Å². The summed E-state index contributed by atoms with van der Waals surface area (Å²) in [6.45, 7) is 0. The molecule has 2 nitrogen and oxygen atoms in total. The predicted octanol–water partition coefficient (Wildman–Crippen LogP) is 4.25. The minimum absolute atomic E-state index is 0.0809. The summed E-state index contributed by atoms with van der Waals surface area (Å²) >= 11 is 5.63. The van der Waals surface area contributed by atoms with Crippen molar-refractivity contribution in [1.29, 1.82) is 5.26 Å². The summed E-state index contributed by atoms with van der Waals surface area (Å²) in [5.41, 5.74) is 1.67. The van der Waals surface area contributed by atoms with Crippen LogP contribution in [0.3, 0.4) is 0 Å². The van der Waals surface area contributed by atoms with Gasteiger partial charge in [0, 0.05) is 5.56 Å². The van der Waals surface area contributed by atoms with Crippen LogP contribution in [0.4, 0.5) is 4.39 Å². The summed E-state index contributed by atoms with van der Waals surface area (Å²) in [4.78, 5) is 11.9. The maximum atomic E-state index is 13.0. The van der Waals surface area contributed by atoms with E-state index in [1.807, 2.05) is 6.07 Å².